The third-order valence-corrected chi connectivity index (χ3v) is 0.667. The SMILES string of the molecule is [Na].[Na].[Na].[Na].[Na].[Na].c1ccccc1. The Morgan fingerprint density at radius 3 is 0.417 bits per heavy atom. The first-order valence-corrected chi connectivity index (χ1v) is 2.00. The number of hydrogen-bond acceptors (Lipinski definition) is 0. The van der Waals surface area contributed by atoms with Gasteiger partial charge in [0.25, 0.3) is 0 Å². The number of benzene rings is 1. The van der Waals surface area contributed by atoms with Gasteiger partial charge in [-0.25, -0.2) is 0 Å². The summed E-state index contributed by atoms with van der Waals surface area (Å²) in [7, 11) is 0. The summed E-state index contributed by atoms with van der Waals surface area (Å²) >= 11 is 0. The van der Waals surface area contributed by atoms with Crippen LogP contribution in [0.1, 0.15) is 0 Å². The van der Waals surface area contributed by atoms with Gasteiger partial charge in [0.1, 0.15) is 0 Å². The first kappa shape index (κ1) is 36.0. The zero-order valence-corrected chi connectivity index (χ0v) is 21.5. The molecule has 0 heterocycles. The van der Waals surface area contributed by atoms with Crippen molar-refractivity contribution in [3.05, 3.63) is 36.4 Å². The molecule has 6 heteroatoms. The van der Waals surface area contributed by atoms with Gasteiger partial charge in [0.05, 0.1) is 0 Å². The molecule has 0 atom stereocenters. The zero-order chi connectivity index (χ0) is 4.24. The molecule has 1 rings (SSSR count). The molecular weight excluding hydrogens is 210 g/mol. The van der Waals surface area contributed by atoms with Gasteiger partial charge < -0.3 is 0 Å². The molecule has 12 heavy (non-hydrogen) atoms. The van der Waals surface area contributed by atoms with Gasteiger partial charge in [0.15, 0.2) is 0 Å². The number of rotatable bonds is 0. The third-order valence-electron chi connectivity index (χ3n) is 0.667. The smallest absolute Gasteiger partial charge is 0 e. The Balaban J connectivity index is -0.0000000150. The largest absolute Gasteiger partial charge is 0.0623 e. The van der Waals surface area contributed by atoms with Crippen molar-refractivity contribution >= 4 is 177 Å². The Hall–Kier alpha value is 5.22. The van der Waals surface area contributed by atoms with Crippen LogP contribution in [0.15, 0.2) is 36.4 Å². The van der Waals surface area contributed by atoms with Crippen molar-refractivity contribution in [2.45, 2.75) is 0 Å². The summed E-state index contributed by atoms with van der Waals surface area (Å²) in [4.78, 5) is 0. The molecule has 1 aromatic rings. The van der Waals surface area contributed by atoms with Crippen molar-refractivity contribution in [3.63, 3.8) is 0 Å². The molecule has 0 aliphatic heterocycles. The molecule has 0 fully saturated rings. The van der Waals surface area contributed by atoms with Crippen molar-refractivity contribution in [1.82, 2.24) is 0 Å². The summed E-state index contributed by atoms with van der Waals surface area (Å²) in [6.45, 7) is 0. The Morgan fingerprint density at radius 2 is 0.333 bits per heavy atom. The monoisotopic (exact) mass is 216 g/mol. The fourth-order valence-electron chi connectivity index (χ4n) is 0.385. The summed E-state index contributed by atoms with van der Waals surface area (Å²) in [5, 5.41) is 0. The van der Waals surface area contributed by atoms with E-state index in [1.54, 1.807) is 0 Å². The van der Waals surface area contributed by atoms with Gasteiger partial charge in [-0.15, -0.1) is 0 Å². The van der Waals surface area contributed by atoms with Crippen molar-refractivity contribution < 1.29 is 0 Å². The fraction of sp³-hybridized carbons (Fsp3) is 0. The Labute approximate surface area is 208 Å². The van der Waals surface area contributed by atoms with Crippen molar-refractivity contribution in [3.8, 4) is 0 Å². The minimum atomic E-state index is 0. The molecule has 0 saturated carbocycles. The van der Waals surface area contributed by atoms with Gasteiger partial charge >= 0.3 is 0 Å². The predicted octanol–water partition coefficient (Wildman–Crippen LogP) is -0.598. The molecular formula is C6H6Na6. The van der Waals surface area contributed by atoms with Crippen LogP contribution in [0.4, 0.5) is 0 Å². The van der Waals surface area contributed by atoms with Crippen LogP contribution in [0.5, 0.6) is 0 Å². The first-order valence-electron chi connectivity index (χ1n) is 2.00. The molecule has 0 saturated heterocycles. The van der Waals surface area contributed by atoms with Crippen LogP contribution in [0.2, 0.25) is 0 Å². The molecule has 0 aliphatic rings. The summed E-state index contributed by atoms with van der Waals surface area (Å²) in [6.07, 6.45) is 0. The Morgan fingerprint density at radius 1 is 0.250 bits per heavy atom. The quantitative estimate of drug-likeness (QED) is 0.508. The fourth-order valence-corrected chi connectivity index (χ4v) is 0.385. The summed E-state index contributed by atoms with van der Waals surface area (Å²) in [6, 6.07) is 12.0. The summed E-state index contributed by atoms with van der Waals surface area (Å²) in [5.41, 5.74) is 0. The molecule has 0 aromatic heterocycles. The van der Waals surface area contributed by atoms with Crippen LogP contribution in [0.3, 0.4) is 0 Å². The topological polar surface area (TPSA) is 0 Å². The maximum Gasteiger partial charge on any atom is 0 e. The molecule has 0 nitrogen and oxygen atoms in total. The van der Waals surface area contributed by atoms with E-state index in [4.69, 9.17) is 0 Å². The van der Waals surface area contributed by atoms with Gasteiger partial charge in [0.2, 0.25) is 0 Å². The van der Waals surface area contributed by atoms with Crippen molar-refractivity contribution in [1.29, 1.82) is 0 Å². The zero-order valence-electron chi connectivity index (χ0n) is 9.46. The van der Waals surface area contributed by atoms with Gasteiger partial charge in [0, 0.05) is 177 Å². The second-order valence-electron chi connectivity index (χ2n) is 1.15. The maximum absolute atomic E-state index is 2.00. The summed E-state index contributed by atoms with van der Waals surface area (Å²) < 4.78 is 0. The van der Waals surface area contributed by atoms with Crippen LogP contribution in [0.25, 0.3) is 0 Å². The normalized spacial score (nSPS) is 4.00. The van der Waals surface area contributed by atoms with Gasteiger partial charge in [-0.2, -0.15) is 0 Å². The van der Waals surface area contributed by atoms with Crippen molar-refractivity contribution in [2.24, 2.45) is 0 Å². The van der Waals surface area contributed by atoms with Crippen LogP contribution in [0, 0.1) is 0 Å². The molecule has 0 aliphatic carbocycles. The number of hydrogen-bond donors (Lipinski definition) is 0. The molecule has 0 amide bonds. The molecule has 0 N–H and O–H groups in total. The molecule has 6 radical (unpaired) electrons. The maximum atomic E-state index is 2.00. The predicted molar refractivity (Wildman–Crippen MR) is 61.0 cm³/mol. The summed E-state index contributed by atoms with van der Waals surface area (Å²) in [5.74, 6) is 0. The standard InChI is InChI=1S/C6H6.6Na/c1-2-4-6-5-3-1;;;;;;/h1-6H;;;;;;. The van der Waals surface area contributed by atoms with E-state index in [1.807, 2.05) is 36.4 Å². The van der Waals surface area contributed by atoms with Crippen LogP contribution in [-0.4, -0.2) is 177 Å². The van der Waals surface area contributed by atoms with E-state index in [2.05, 4.69) is 0 Å². The van der Waals surface area contributed by atoms with E-state index in [0.29, 0.717) is 0 Å². The van der Waals surface area contributed by atoms with Gasteiger partial charge in [-0.3, -0.25) is 0 Å². The van der Waals surface area contributed by atoms with Crippen LogP contribution in [-0.2, 0) is 0 Å². The van der Waals surface area contributed by atoms with Gasteiger partial charge in [-0.1, -0.05) is 36.4 Å². The van der Waals surface area contributed by atoms with E-state index in [0.717, 1.165) is 0 Å². The Bertz CT molecular complexity index is 84.0. The van der Waals surface area contributed by atoms with E-state index >= 15 is 0 Å². The van der Waals surface area contributed by atoms with Gasteiger partial charge in [-0.05, 0) is 0 Å². The minimum Gasteiger partial charge on any atom is -0.0623 e. The van der Waals surface area contributed by atoms with E-state index < -0.39 is 0 Å². The minimum absolute atomic E-state index is 0. The first-order chi connectivity index (χ1) is 3.00. The average Bonchev–Trinajstić information content (AvgIpc) is 1.72. The molecule has 0 spiro atoms. The van der Waals surface area contributed by atoms with E-state index in [9.17, 15) is 0 Å². The molecule has 1 aromatic carbocycles. The molecule has 36 valence electrons. The second kappa shape index (κ2) is 29.8. The molecule has 0 unspecified atom stereocenters. The average molecular weight is 216 g/mol. The van der Waals surface area contributed by atoms with Crippen LogP contribution >= 0.6 is 0 Å². The Kier molecular flexibility index (Phi) is 89.5. The van der Waals surface area contributed by atoms with Crippen LogP contribution < -0.4 is 0 Å². The van der Waals surface area contributed by atoms with E-state index in [-0.39, 0.29) is 177 Å². The third kappa shape index (κ3) is 24.4. The van der Waals surface area contributed by atoms with E-state index in [1.165, 1.54) is 0 Å². The second-order valence-corrected chi connectivity index (χ2v) is 1.15. The molecule has 0 bridgehead atoms. The van der Waals surface area contributed by atoms with Crippen molar-refractivity contribution in [2.75, 3.05) is 0 Å².